The molecule has 0 saturated carbocycles. The Morgan fingerprint density at radius 2 is 1.81 bits per heavy atom. The Morgan fingerprint density at radius 3 is 2.33 bits per heavy atom. The molecule has 0 fully saturated rings. The first kappa shape index (κ1) is 21.0. The van der Waals surface area contributed by atoms with Crippen LogP contribution in [0.5, 0.6) is 5.75 Å². The van der Waals surface area contributed by atoms with E-state index in [2.05, 4.69) is 0 Å². The summed E-state index contributed by atoms with van der Waals surface area (Å²) < 4.78 is 10.8. The molecule has 27 heavy (non-hydrogen) atoms. The molecule has 1 aromatic carbocycles. The van der Waals surface area contributed by atoms with Crippen LogP contribution in [0.1, 0.15) is 45.7 Å². The largest absolute Gasteiger partial charge is 0.503 e. The number of carbonyl (C=O) groups excluding carboxylic acids is 2. The van der Waals surface area contributed by atoms with Gasteiger partial charge in [-0.05, 0) is 37.5 Å². The quantitative estimate of drug-likeness (QED) is 0.716. The van der Waals surface area contributed by atoms with Crippen molar-refractivity contribution in [2.75, 3.05) is 20.3 Å². The second-order valence-corrected chi connectivity index (χ2v) is 7.38. The van der Waals surface area contributed by atoms with E-state index in [1.165, 1.54) is 4.90 Å². The van der Waals surface area contributed by atoms with E-state index >= 15 is 0 Å². The molecular formula is C21H29NO5. The van der Waals surface area contributed by atoms with Crippen LogP contribution in [0.4, 0.5) is 0 Å². The van der Waals surface area contributed by atoms with Crippen molar-refractivity contribution in [1.29, 1.82) is 0 Å². The minimum atomic E-state index is -0.620. The Bertz CT molecular complexity index is 706. The third-order valence-corrected chi connectivity index (χ3v) is 4.41. The maximum atomic E-state index is 12.8. The van der Waals surface area contributed by atoms with Gasteiger partial charge in [0.2, 0.25) is 0 Å². The van der Waals surface area contributed by atoms with E-state index in [-0.39, 0.29) is 36.3 Å². The second-order valence-electron chi connectivity index (χ2n) is 7.38. The molecule has 0 aromatic heterocycles. The van der Waals surface area contributed by atoms with Crippen molar-refractivity contribution < 1.29 is 24.2 Å². The van der Waals surface area contributed by atoms with Crippen molar-refractivity contribution >= 4 is 11.7 Å². The SMILES string of the molecule is COc1ccc(C2C(C(=O)CC(C)C)=C(O)C(=O)N2CCOC(C)C)cc1. The topological polar surface area (TPSA) is 76.1 Å². The first-order valence-corrected chi connectivity index (χ1v) is 9.29. The van der Waals surface area contributed by atoms with Crippen LogP contribution >= 0.6 is 0 Å². The number of aliphatic hydroxyl groups excluding tert-OH is 1. The standard InChI is InChI=1S/C21H29NO5/c1-13(2)12-17(23)18-19(15-6-8-16(26-5)9-7-15)22(21(25)20(18)24)10-11-27-14(3)4/h6-9,13-14,19,24H,10-12H2,1-5H3. The molecule has 1 atom stereocenters. The van der Waals surface area contributed by atoms with Crippen molar-refractivity contribution in [3.8, 4) is 5.75 Å². The molecule has 1 N–H and O–H groups in total. The molecule has 2 rings (SSSR count). The molecule has 6 nitrogen and oxygen atoms in total. The number of hydrogen-bond donors (Lipinski definition) is 1. The lowest BCUT2D eigenvalue weighted by Crippen LogP contribution is -2.34. The smallest absolute Gasteiger partial charge is 0.290 e. The van der Waals surface area contributed by atoms with Gasteiger partial charge in [0.15, 0.2) is 11.5 Å². The van der Waals surface area contributed by atoms with Crippen LogP contribution in [0.2, 0.25) is 0 Å². The van der Waals surface area contributed by atoms with E-state index in [1.807, 2.05) is 39.8 Å². The van der Waals surface area contributed by atoms with E-state index in [0.29, 0.717) is 12.4 Å². The fraction of sp³-hybridized carbons (Fsp3) is 0.524. The van der Waals surface area contributed by atoms with Gasteiger partial charge in [-0.1, -0.05) is 26.0 Å². The second kappa shape index (κ2) is 9.04. The van der Waals surface area contributed by atoms with Crippen LogP contribution in [-0.2, 0) is 14.3 Å². The molecule has 0 aliphatic carbocycles. The number of nitrogens with zero attached hydrogens (tertiary/aromatic N) is 1. The normalized spacial score (nSPS) is 17.4. The van der Waals surface area contributed by atoms with Gasteiger partial charge >= 0.3 is 0 Å². The van der Waals surface area contributed by atoms with Gasteiger partial charge < -0.3 is 19.5 Å². The van der Waals surface area contributed by atoms with Crippen LogP contribution in [0.25, 0.3) is 0 Å². The predicted molar refractivity (Wildman–Crippen MR) is 103 cm³/mol. The first-order chi connectivity index (χ1) is 12.8. The molecule has 1 unspecified atom stereocenters. The average Bonchev–Trinajstić information content (AvgIpc) is 2.86. The highest BCUT2D eigenvalue weighted by Gasteiger charge is 2.43. The lowest BCUT2D eigenvalue weighted by Gasteiger charge is -2.27. The Labute approximate surface area is 160 Å². The monoisotopic (exact) mass is 375 g/mol. The fourth-order valence-electron chi connectivity index (χ4n) is 3.17. The number of carbonyl (C=O) groups is 2. The van der Waals surface area contributed by atoms with Crippen molar-refractivity contribution in [3.63, 3.8) is 0 Å². The third-order valence-electron chi connectivity index (χ3n) is 4.41. The Morgan fingerprint density at radius 1 is 1.19 bits per heavy atom. The number of rotatable bonds is 9. The summed E-state index contributed by atoms with van der Waals surface area (Å²) in [4.78, 5) is 27.0. The zero-order valence-electron chi connectivity index (χ0n) is 16.7. The predicted octanol–water partition coefficient (Wildman–Crippen LogP) is 3.43. The van der Waals surface area contributed by atoms with E-state index in [1.54, 1.807) is 19.2 Å². The fourth-order valence-corrected chi connectivity index (χ4v) is 3.17. The summed E-state index contributed by atoms with van der Waals surface area (Å²) >= 11 is 0. The van der Waals surface area contributed by atoms with Crippen molar-refractivity contribution in [2.24, 2.45) is 5.92 Å². The van der Waals surface area contributed by atoms with Crippen molar-refractivity contribution in [3.05, 3.63) is 41.2 Å². The highest BCUT2D eigenvalue weighted by atomic mass is 16.5. The van der Waals surface area contributed by atoms with Crippen LogP contribution in [0, 0.1) is 5.92 Å². The van der Waals surface area contributed by atoms with Gasteiger partial charge in [-0.3, -0.25) is 9.59 Å². The highest BCUT2D eigenvalue weighted by molar-refractivity contribution is 6.09. The number of amides is 1. The minimum absolute atomic E-state index is 0.0331. The number of aliphatic hydroxyl groups is 1. The van der Waals surface area contributed by atoms with Crippen LogP contribution in [0.15, 0.2) is 35.6 Å². The van der Waals surface area contributed by atoms with Crippen molar-refractivity contribution in [1.82, 2.24) is 4.90 Å². The van der Waals surface area contributed by atoms with Crippen molar-refractivity contribution in [2.45, 2.75) is 46.3 Å². The maximum Gasteiger partial charge on any atom is 0.290 e. The lowest BCUT2D eigenvalue weighted by molar-refractivity contribution is -0.130. The molecule has 0 radical (unpaired) electrons. The summed E-state index contributed by atoms with van der Waals surface area (Å²) in [6.45, 7) is 8.32. The van der Waals surface area contributed by atoms with Gasteiger partial charge in [0.05, 0.1) is 31.4 Å². The first-order valence-electron chi connectivity index (χ1n) is 9.29. The van der Waals surface area contributed by atoms with E-state index in [9.17, 15) is 14.7 Å². The van der Waals surface area contributed by atoms with Gasteiger partial charge in [-0.15, -0.1) is 0 Å². The van der Waals surface area contributed by atoms with Gasteiger partial charge in [-0.2, -0.15) is 0 Å². The molecule has 0 bridgehead atoms. The van der Waals surface area contributed by atoms with E-state index in [0.717, 1.165) is 5.56 Å². The number of ether oxygens (including phenoxy) is 2. The summed E-state index contributed by atoms with van der Waals surface area (Å²) in [6.07, 6.45) is 0.307. The summed E-state index contributed by atoms with van der Waals surface area (Å²) in [5.41, 5.74) is 0.924. The molecule has 1 aromatic rings. The maximum absolute atomic E-state index is 12.8. The van der Waals surface area contributed by atoms with Crippen LogP contribution in [0.3, 0.4) is 0 Å². The molecule has 6 heteroatoms. The Kier molecular flexibility index (Phi) is 7.02. The lowest BCUT2D eigenvalue weighted by atomic mass is 9.92. The summed E-state index contributed by atoms with van der Waals surface area (Å²) in [6, 6.07) is 6.57. The molecule has 1 heterocycles. The van der Waals surface area contributed by atoms with Crippen LogP contribution < -0.4 is 4.74 Å². The van der Waals surface area contributed by atoms with E-state index < -0.39 is 17.7 Å². The number of hydrogen-bond acceptors (Lipinski definition) is 5. The summed E-state index contributed by atoms with van der Waals surface area (Å²) in [5, 5.41) is 10.5. The Hall–Kier alpha value is -2.34. The number of ketones is 1. The average molecular weight is 375 g/mol. The molecular weight excluding hydrogens is 346 g/mol. The summed E-state index contributed by atoms with van der Waals surface area (Å²) in [7, 11) is 1.58. The van der Waals surface area contributed by atoms with E-state index in [4.69, 9.17) is 9.47 Å². The molecule has 1 amide bonds. The molecule has 1 aliphatic heterocycles. The zero-order chi connectivity index (χ0) is 20.1. The molecule has 148 valence electrons. The molecule has 1 aliphatic rings. The summed E-state index contributed by atoms with van der Waals surface area (Å²) in [5.74, 6) is -0.381. The van der Waals surface area contributed by atoms with Gasteiger partial charge in [0.25, 0.3) is 5.91 Å². The van der Waals surface area contributed by atoms with Crippen LogP contribution in [-0.4, -0.2) is 48.1 Å². The van der Waals surface area contributed by atoms with Gasteiger partial charge in [-0.25, -0.2) is 0 Å². The third kappa shape index (κ3) is 4.89. The Balaban J connectivity index is 2.38. The number of benzene rings is 1. The minimum Gasteiger partial charge on any atom is -0.503 e. The zero-order valence-corrected chi connectivity index (χ0v) is 16.7. The highest BCUT2D eigenvalue weighted by Crippen LogP contribution is 2.38. The van der Waals surface area contributed by atoms with Gasteiger partial charge in [0, 0.05) is 13.0 Å². The number of methoxy groups -OCH3 is 1. The molecule has 0 saturated heterocycles. The number of Topliss-reactive ketones (excluding diaryl/α,β-unsaturated/α-hetero) is 1. The van der Waals surface area contributed by atoms with Gasteiger partial charge in [0.1, 0.15) is 5.75 Å². The molecule has 0 spiro atoms.